The zero-order chi connectivity index (χ0) is 21.2. The maximum Gasteiger partial charge on any atom is 0.230 e. The molecule has 0 spiro atoms. The summed E-state index contributed by atoms with van der Waals surface area (Å²) >= 11 is 0. The molecule has 2 aromatic heterocycles. The van der Waals surface area contributed by atoms with Crippen molar-refractivity contribution in [1.82, 2.24) is 20.0 Å². The van der Waals surface area contributed by atoms with Gasteiger partial charge in [-0.25, -0.2) is 0 Å². The number of piperidine rings is 1. The maximum atomic E-state index is 12.8. The van der Waals surface area contributed by atoms with E-state index in [9.17, 15) is 4.79 Å². The Balaban J connectivity index is 1.20. The lowest BCUT2D eigenvalue weighted by Crippen LogP contribution is -2.38. The molecule has 1 saturated heterocycles. The molecule has 1 N–H and O–H groups in total. The number of methoxy groups -OCH3 is 1. The van der Waals surface area contributed by atoms with Crippen molar-refractivity contribution in [1.29, 1.82) is 0 Å². The van der Waals surface area contributed by atoms with Crippen molar-refractivity contribution in [3.05, 3.63) is 66.2 Å². The Bertz CT molecular complexity index is 1190. The second kappa shape index (κ2) is 8.26. The maximum absolute atomic E-state index is 12.8. The molecule has 5 rings (SSSR count). The number of hydrogen-bond acceptors (Lipinski definition) is 5. The lowest BCUT2D eigenvalue weighted by molar-refractivity contribution is -0.131. The van der Waals surface area contributed by atoms with Gasteiger partial charge in [-0.1, -0.05) is 23.4 Å². The number of aromatic amines is 1. The highest BCUT2D eigenvalue weighted by Crippen LogP contribution is 2.29. The number of aromatic nitrogens is 3. The number of H-pyrrole nitrogens is 1. The Hall–Kier alpha value is -3.61. The predicted octanol–water partition coefficient (Wildman–Crippen LogP) is 4.18. The van der Waals surface area contributed by atoms with Crippen LogP contribution in [0.15, 0.2) is 59.3 Å². The number of hydrogen-bond donors (Lipinski definition) is 1. The number of carbonyl (C=O) groups is 1. The first kappa shape index (κ1) is 19.4. The highest BCUT2D eigenvalue weighted by atomic mass is 16.5. The van der Waals surface area contributed by atoms with E-state index in [-0.39, 0.29) is 11.8 Å². The van der Waals surface area contributed by atoms with Gasteiger partial charge in [-0.2, -0.15) is 4.98 Å². The molecule has 158 valence electrons. The molecule has 0 radical (unpaired) electrons. The van der Waals surface area contributed by atoms with Gasteiger partial charge in [0.15, 0.2) is 0 Å². The minimum Gasteiger partial charge on any atom is -0.497 e. The van der Waals surface area contributed by atoms with Gasteiger partial charge in [0, 0.05) is 41.7 Å². The number of rotatable bonds is 5. The average molecular weight is 416 g/mol. The highest BCUT2D eigenvalue weighted by molar-refractivity contribution is 5.88. The molecule has 4 aromatic rings. The molecule has 0 bridgehead atoms. The zero-order valence-electron chi connectivity index (χ0n) is 17.4. The number of fused-ring (bicyclic) bond motifs is 1. The molecule has 0 unspecified atom stereocenters. The number of para-hydroxylation sites is 1. The van der Waals surface area contributed by atoms with E-state index < -0.39 is 0 Å². The summed E-state index contributed by atoms with van der Waals surface area (Å²) in [4.78, 5) is 22.6. The normalized spacial score (nSPS) is 14.8. The standard InChI is InChI=1S/C24H24N4O3/c1-30-19-8-6-16(7-9-19)23-26-24(31-27-23)17-10-12-28(13-11-17)22(29)14-18-15-25-21-5-3-2-4-20(18)21/h2-9,15,17,25H,10-14H2,1H3. The van der Waals surface area contributed by atoms with Crippen molar-refractivity contribution in [2.24, 2.45) is 0 Å². The SMILES string of the molecule is COc1ccc(-c2noc(C3CCN(C(=O)Cc4c[nH]c5ccccc45)CC3)n2)cc1. The summed E-state index contributed by atoms with van der Waals surface area (Å²) in [6.45, 7) is 1.40. The van der Waals surface area contributed by atoms with Gasteiger partial charge in [-0.15, -0.1) is 0 Å². The van der Waals surface area contributed by atoms with Gasteiger partial charge in [0.2, 0.25) is 17.6 Å². The van der Waals surface area contributed by atoms with Crippen LogP contribution in [-0.2, 0) is 11.2 Å². The quantitative estimate of drug-likeness (QED) is 0.528. The number of benzene rings is 2. The highest BCUT2D eigenvalue weighted by Gasteiger charge is 2.28. The second-order valence-electron chi connectivity index (χ2n) is 7.88. The van der Waals surface area contributed by atoms with Crippen LogP contribution >= 0.6 is 0 Å². The van der Waals surface area contributed by atoms with Crippen LogP contribution in [0.5, 0.6) is 5.75 Å². The molecule has 1 aliphatic rings. The van der Waals surface area contributed by atoms with E-state index in [0.29, 0.717) is 31.2 Å². The molecular formula is C24H24N4O3. The molecule has 3 heterocycles. The topological polar surface area (TPSA) is 84.3 Å². The zero-order valence-corrected chi connectivity index (χ0v) is 17.4. The van der Waals surface area contributed by atoms with Crippen molar-refractivity contribution in [3.8, 4) is 17.1 Å². The van der Waals surface area contributed by atoms with Gasteiger partial charge < -0.3 is 19.1 Å². The van der Waals surface area contributed by atoms with Crippen molar-refractivity contribution >= 4 is 16.8 Å². The number of nitrogens with one attached hydrogen (secondary N) is 1. The van der Waals surface area contributed by atoms with E-state index in [0.717, 1.165) is 40.6 Å². The van der Waals surface area contributed by atoms with Crippen molar-refractivity contribution in [2.45, 2.75) is 25.2 Å². The summed E-state index contributed by atoms with van der Waals surface area (Å²) < 4.78 is 10.7. The van der Waals surface area contributed by atoms with Crippen LogP contribution in [0.3, 0.4) is 0 Å². The van der Waals surface area contributed by atoms with Gasteiger partial charge in [0.1, 0.15) is 5.75 Å². The first-order valence-corrected chi connectivity index (χ1v) is 10.5. The van der Waals surface area contributed by atoms with Crippen LogP contribution in [0.1, 0.15) is 30.2 Å². The molecule has 1 amide bonds. The fourth-order valence-corrected chi connectivity index (χ4v) is 4.19. The summed E-state index contributed by atoms with van der Waals surface area (Å²) in [5.41, 5.74) is 3.00. The van der Waals surface area contributed by atoms with Gasteiger partial charge in [0.05, 0.1) is 13.5 Å². The summed E-state index contributed by atoms with van der Waals surface area (Å²) in [6, 6.07) is 15.7. The summed E-state index contributed by atoms with van der Waals surface area (Å²) in [7, 11) is 1.64. The predicted molar refractivity (Wildman–Crippen MR) is 117 cm³/mol. The third-order valence-corrected chi connectivity index (χ3v) is 6.00. The lowest BCUT2D eigenvalue weighted by Gasteiger charge is -2.30. The molecule has 7 nitrogen and oxygen atoms in total. The summed E-state index contributed by atoms with van der Waals surface area (Å²) in [6.07, 6.45) is 4.00. The third-order valence-electron chi connectivity index (χ3n) is 6.00. The van der Waals surface area contributed by atoms with Crippen LogP contribution in [0.2, 0.25) is 0 Å². The van der Waals surface area contributed by atoms with Crippen molar-refractivity contribution in [3.63, 3.8) is 0 Å². The van der Waals surface area contributed by atoms with Gasteiger partial charge in [0.25, 0.3) is 0 Å². The van der Waals surface area contributed by atoms with Crippen LogP contribution in [0, 0.1) is 0 Å². The van der Waals surface area contributed by atoms with Gasteiger partial charge in [-0.3, -0.25) is 4.79 Å². The number of ether oxygens (including phenoxy) is 1. The smallest absolute Gasteiger partial charge is 0.230 e. The van der Waals surface area contributed by atoms with Crippen LogP contribution in [0.4, 0.5) is 0 Å². The lowest BCUT2D eigenvalue weighted by atomic mass is 9.96. The minimum atomic E-state index is 0.160. The fourth-order valence-electron chi connectivity index (χ4n) is 4.19. The molecule has 7 heteroatoms. The number of amides is 1. The minimum absolute atomic E-state index is 0.160. The average Bonchev–Trinajstić information content (AvgIpc) is 3.47. The Labute approximate surface area is 180 Å². The molecule has 1 aliphatic heterocycles. The third kappa shape index (κ3) is 3.91. The van der Waals surface area contributed by atoms with E-state index in [1.807, 2.05) is 53.6 Å². The van der Waals surface area contributed by atoms with Gasteiger partial charge >= 0.3 is 0 Å². The van der Waals surface area contributed by atoms with E-state index in [2.05, 4.69) is 21.2 Å². The first-order chi connectivity index (χ1) is 15.2. The Morgan fingerprint density at radius 2 is 1.94 bits per heavy atom. The van der Waals surface area contributed by atoms with Crippen molar-refractivity contribution < 1.29 is 14.1 Å². The largest absolute Gasteiger partial charge is 0.497 e. The monoisotopic (exact) mass is 416 g/mol. The molecule has 0 aliphatic carbocycles. The number of likely N-dealkylation sites (tertiary alicyclic amines) is 1. The van der Waals surface area contributed by atoms with Crippen LogP contribution in [-0.4, -0.2) is 46.1 Å². The molecule has 0 saturated carbocycles. The van der Waals surface area contributed by atoms with E-state index in [4.69, 9.17) is 9.26 Å². The molecule has 1 fully saturated rings. The molecule has 0 atom stereocenters. The Morgan fingerprint density at radius 1 is 1.16 bits per heavy atom. The first-order valence-electron chi connectivity index (χ1n) is 10.5. The van der Waals surface area contributed by atoms with E-state index in [1.165, 1.54) is 0 Å². The van der Waals surface area contributed by atoms with Crippen LogP contribution < -0.4 is 4.74 Å². The molecular weight excluding hydrogens is 392 g/mol. The Morgan fingerprint density at radius 3 is 2.71 bits per heavy atom. The number of carbonyl (C=O) groups excluding carboxylic acids is 1. The summed E-state index contributed by atoms with van der Waals surface area (Å²) in [5.74, 6) is 2.35. The van der Waals surface area contributed by atoms with Crippen molar-refractivity contribution in [2.75, 3.05) is 20.2 Å². The molecule has 2 aromatic carbocycles. The van der Waals surface area contributed by atoms with E-state index in [1.54, 1.807) is 7.11 Å². The van der Waals surface area contributed by atoms with Gasteiger partial charge in [-0.05, 0) is 48.7 Å². The number of nitrogens with zero attached hydrogens (tertiary/aromatic N) is 3. The molecule has 31 heavy (non-hydrogen) atoms. The fraction of sp³-hybridized carbons (Fsp3) is 0.292. The summed E-state index contributed by atoms with van der Waals surface area (Å²) in [5, 5.41) is 5.25. The Kier molecular flexibility index (Phi) is 5.16. The van der Waals surface area contributed by atoms with E-state index >= 15 is 0 Å². The second-order valence-corrected chi connectivity index (χ2v) is 7.88. The van der Waals surface area contributed by atoms with Crippen LogP contribution in [0.25, 0.3) is 22.3 Å².